The fourth-order valence-corrected chi connectivity index (χ4v) is 3.65. The Morgan fingerprint density at radius 3 is 2.96 bits per heavy atom. The Balaban J connectivity index is 1.74. The van der Waals surface area contributed by atoms with Gasteiger partial charge in [-0.05, 0) is 29.7 Å². The van der Waals surface area contributed by atoms with Crippen LogP contribution in [0.25, 0.3) is 11.3 Å². The van der Waals surface area contributed by atoms with Gasteiger partial charge < -0.3 is 19.1 Å². The summed E-state index contributed by atoms with van der Waals surface area (Å²) < 4.78 is 13.0. The molecular formula is C19H19NO5. The maximum Gasteiger partial charge on any atom is 0.341 e. The van der Waals surface area contributed by atoms with Crippen LogP contribution in [0.3, 0.4) is 0 Å². The molecule has 1 aromatic carbocycles. The highest BCUT2D eigenvalue weighted by atomic mass is 16.5. The lowest BCUT2D eigenvalue weighted by atomic mass is 9.93. The molecule has 0 radical (unpaired) electrons. The first-order chi connectivity index (χ1) is 12.1. The summed E-state index contributed by atoms with van der Waals surface area (Å²) in [4.78, 5) is 23.3. The Morgan fingerprint density at radius 2 is 2.20 bits per heavy atom. The second kappa shape index (κ2) is 6.04. The van der Waals surface area contributed by atoms with Gasteiger partial charge in [0.05, 0.1) is 5.69 Å². The number of fused-ring (bicyclic) bond motifs is 4. The van der Waals surface area contributed by atoms with E-state index in [0.717, 1.165) is 47.4 Å². The van der Waals surface area contributed by atoms with Crippen LogP contribution in [0.15, 0.2) is 29.2 Å². The molecule has 6 nitrogen and oxygen atoms in total. The molecule has 4 rings (SSSR count). The quantitative estimate of drug-likeness (QED) is 0.921. The van der Waals surface area contributed by atoms with E-state index in [1.165, 1.54) is 12.3 Å². The molecule has 1 aromatic heterocycles. The number of aromatic carboxylic acids is 1. The summed E-state index contributed by atoms with van der Waals surface area (Å²) in [5, 5.41) is 9.15. The average Bonchev–Trinajstić information content (AvgIpc) is 2.99. The van der Waals surface area contributed by atoms with Gasteiger partial charge in [0.25, 0.3) is 0 Å². The van der Waals surface area contributed by atoms with Crippen molar-refractivity contribution in [2.75, 3.05) is 13.7 Å². The number of rotatable bonds is 4. The standard InChI is InChI=1S/C19H19NO5/c1-24-5-3-13-6-12-7-14-11(8-18(12)25-13)2-4-20-10-15(19(22)23)17(21)9-16(14)20/h7-10,13H,2-6H2,1H3,(H,22,23). The lowest BCUT2D eigenvalue weighted by molar-refractivity contribution is 0.0694. The molecule has 0 amide bonds. The zero-order chi connectivity index (χ0) is 17.6. The largest absolute Gasteiger partial charge is 0.490 e. The molecule has 1 unspecified atom stereocenters. The van der Waals surface area contributed by atoms with E-state index in [1.807, 2.05) is 4.57 Å². The Labute approximate surface area is 144 Å². The van der Waals surface area contributed by atoms with Crippen molar-refractivity contribution in [3.63, 3.8) is 0 Å². The summed E-state index contributed by atoms with van der Waals surface area (Å²) in [5.41, 5.74) is 3.39. The first-order valence-corrected chi connectivity index (χ1v) is 8.36. The zero-order valence-electron chi connectivity index (χ0n) is 13.9. The Kier molecular flexibility index (Phi) is 3.84. The van der Waals surface area contributed by atoms with E-state index in [4.69, 9.17) is 14.6 Å². The van der Waals surface area contributed by atoms with Crippen molar-refractivity contribution in [3.8, 4) is 17.0 Å². The van der Waals surface area contributed by atoms with Crippen molar-refractivity contribution in [1.29, 1.82) is 0 Å². The molecule has 130 valence electrons. The van der Waals surface area contributed by atoms with Gasteiger partial charge in [0.2, 0.25) is 0 Å². The third-order valence-corrected chi connectivity index (χ3v) is 4.93. The minimum atomic E-state index is -1.19. The Hall–Kier alpha value is -2.60. The molecule has 6 heteroatoms. The Bertz CT molecular complexity index is 915. The number of nitrogens with zero attached hydrogens (tertiary/aromatic N) is 1. The number of carbonyl (C=O) groups is 1. The van der Waals surface area contributed by atoms with Crippen LogP contribution in [0.4, 0.5) is 0 Å². The van der Waals surface area contributed by atoms with Gasteiger partial charge in [-0.15, -0.1) is 0 Å². The van der Waals surface area contributed by atoms with E-state index in [1.54, 1.807) is 7.11 Å². The fourth-order valence-electron chi connectivity index (χ4n) is 3.65. The predicted molar refractivity (Wildman–Crippen MR) is 91.4 cm³/mol. The lowest BCUT2D eigenvalue weighted by Crippen LogP contribution is -2.21. The van der Waals surface area contributed by atoms with Gasteiger partial charge in [0.1, 0.15) is 17.4 Å². The molecule has 2 aliphatic rings. The van der Waals surface area contributed by atoms with E-state index in [9.17, 15) is 9.59 Å². The molecule has 0 aliphatic carbocycles. The normalized spacial score (nSPS) is 17.4. The van der Waals surface area contributed by atoms with Gasteiger partial charge >= 0.3 is 5.97 Å². The van der Waals surface area contributed by atoms with Crippen LogP contribution in [0.5, 0.6) is 5.75 Å². The number of carboxylic acid groups (broad SMARTS) is 1. The van der Waals surface area contributed by atoms with Crippen molar-refractivity contribution < 1.29 is 19.4 Å². The third kappa shape index (κ3) is 2.72. The second-order valence-electron chi connectivity index (χ2n) is 6.53. The van der Waals surface area contributed by atoms with Crippen LogP contribution in [0.2, 0.25) is 0 Å². The minimum absolute atomic E-state index is 0.121. The summed E-state index contributed by atoms with van der Waals surface area (Å²) in [6.07, 6.45) is 4.02. The van der Waals surface area contributed by atoms with E-state index in [2.05, 4.69) is 12.1 Å². The summed E-state index contributed by atoms with van der Waals surface area (Å²) in [6.45, 7) is 1.31. The highest BCUT2D eigenvalue weighted by molar-refractivity contribution is 5.87. The number of aryl methyl sites for hydroxylation is 2. The van der Waals surface area contributed by atoms with Crippen LogP contribution >= 0.6 is 0 Å². The highest BCUT2D eigenvalue weighted by Crippen LogP contribution is 2.38. The number of benzene rings is 1. The summed E-state index contributed by atoms with van der Waals surface area (Å²) in [6, 6.07) is 5.59. The van der Waals surface area contributed by atoms with Gasteiger partial charge in [0.15, 0.2) is 5.43 Å². The minimum Gasteiger partial charge on any atom is -0.490 e. The number of carboxylic acids is 1. The third-order valence-electron chi connectivity index (χ3n) is 4.93. The van der Waals surface area contributed by atoms with Crippen LogP contribution < -0.4 is 10.2 Å². The SMILES string of the molecule is COCCC1Cc2cc3c(cc2O1)CCn1cc(C(=O)O)c(=O)cc1-3. The molecule has 1 atom stereocenters. The van der Waals surface area contributed by atoms with Crippen molar-refractivity contribution in [2.24, 2.45) is 0 Å². The monoisotopic (exact) mass is 341 g/mol. The van der Waals surface area contributed by atoms with Gasteiger partial charge in [0, 0.05) is 50.9 Å². The number of methoxy groups -OCH3 is 1. The molecule has 2 aliphatic heterocycles. The molecule has 0 spiro atoms. The zero-order valence-corrected chi connectivity index (χ0v) is 13.9. The Morgan fingerprint density at radius 1 is 1.36 bits per heavy atom. The molecule has 0 saturated heterocycles. The molecular weight excluding hydrogens is 322 g/mol. The number of ether oxygens (including phenoxy) is 2. The van der Waals surface area contributed by atoms with Gasteiger partial charge in [-0.2, -0.15) is 0 Å². The van der Waals surface area contributed by atoms with Gasteiger partial charge in [-0.1, -0.05) is 0 Å². The van der Waals surface area contributed by atoms with Crippen LogP contribution in [-0.2, 0) is 24.1 Å². The summed E-state index contributed by atoms with van der Waals surface area (Å²) >= 11 is 0. The fraction of sp³-hybridized carbons (Fsp3) is 0.368. The smallest absolute Gasteiger partial charge is 0.341 e. The second-order valence-corrected chi connectivity index (χ2v) is 6.53. The maximum absolute atomic E-state index is 12.1. The van der Waals surface area contributed by atoms with E-state index >= 15 is 0 Å². The first kappa shape index (κ1) is 15.9. The molecule has 2 aromatic rings. The van der Waals surface area contributed by atoms with Crippen LogP contribution in [0.1, 0.15) is 27.9 Å². The number of pyridine rings is 1. The van der Waals surface area contributed by atoms with E-state index in [-0.39, 0.29) is 11.7 Å². The van der Waals surface area contributed by atoms with Gasteiger partial charge in [-0.25, -0.2) is 4.79 Å². The number of aromatic nitrogens is 1. The lowest BCUT2D eigenvalue weighted by Gasteiger charge is -2.23. The molecule has 1 N–H and O–H groups in total. The van der Waals surface area contributed by atoms with Crippen LogP contribution in [0, 0.1) is 0 Å². The first-order valence-electron chi connectivity index (χ1n) is 8.36. The predicted octanol–water partition coefficient (Wildman–Crippen LogP) is 2.11. The molecule has 3 heterocycles. The van der Waals surface area contributed by atoms with Crippen molar-refractivity contribution in [1.82, 2.24) is 4.57 Å². The molecule has 0 saturated carbocycles. The van der Waals surface area contributed by atoms with E-state index < -0.39 is 11.4 Å². The summed E-state index contributed by atoms with van der Waals surface area (Å²) in [5.74, 6) is -0.271. The molecule has 0 fully saturated rings. The number of hydrogen-bond acceptors (Lipinski definition) is 4. The van der Waals surface area contributed by atoms with Crippen molar-refractivity contribution in [2.45, 2.75) is 31.9 Å². The van der Waals surface area contributed by atoms with E-state index in [0.29, 0.717) is 13.2 Å². The van der Waals surface area contributed by atoms with Gasteiger partial charge in [-0.3, -0.25) is 4.79 Å². The molecule has 0 bridgehead atoms. The average molecular weight is 341 g/mol. The maximum atomic E-state index is 12.1. The summed E-state index contributed by atoms with van der Waals surface area (Å²) in [7, 11) is 1.68. The highest BCUT2D eigenvalue weighted by Gasteiger charge is 2.27. The topological polar surface area (TPSA) is 77.8 Å². The van der Waals surface area contributed by atoms with Crippen LogP contribution in [-0.4, -0.2) is 35.5 Å². The van der Waals surface area contributed by atoms with Crippen molar-refractivity contribution >= 4 is 5.97 Å². The molecule has 25 heavy (non-hydrogen) atoms. The van der Waals surface area contributed by atoms with Crippen molar-refractivity contribution in [3.05, 3.63) is 51.3 Å². The number of hydrogen-bond donors (Lipinski definition) is 1.